The lowest BCUT2D eigenvalue weighted by Gasteiger charge is -2.18. The third-order valence-electron chi connectivity index (χ3n) is 10.6. The topological polar surface area (TPSA) is 38.7 Å². The summed E-state index contributed by atoms with van der Waals surface area (Å²) in [4.78, 5) is 14.8. The van der Waals surface area contributed by atoms with Gasteiger partial charge in [-0.05, 0) is 81.8 Å². The van der Waals surface area contributed by atoms with Crippen LogP contribution in [0.4, 0.5) is 0 Å². The third kappa shape index (κ3) is 4.36. The SMILES string of the molecule is c1ccc(-c2nc(-c3ccccc3)nc(-c3ccc(-c4cc5cccc6c7cccc8ccc9cccc(c%10cccc4c%10c56)c9c87)cc3)n2)cc1. The van der Waals surface area contributed by atoms with Crippen LogP contribution in [0.3, 0.4) is 0 Å². The van der Waals surface area contributed by atoms with Gasteiger partial charge in [0.05, 0.1) is 0 Å². The van der Waals surface area contributed by atoms with Gasteiger partial charge in [0.15, 0.2) is 17.5 Å². The molecule has 0 atom stereocenters. The number of nitrogens with zero attached hydrogens (tertiary/aromatic N) is 3. The summed E-state index contributed by atoms with van der Waals surface area (Å²) in [6.07, 6.45) is 0. The van der Waals surface area contributed by atoms with E-state index in [1.165, 1.54) is 70.2 Å². The van der Waals surface area contributed by atoms with Crippen molar-refractivity contribution in [1.82, 2.24) is 15.0 Å². The molecule has 0 aliphatic carbocycles. The van der Waals surface area contributed by atoms with E-state index in [0.717, 1.165) is 22.3 Å². The van der Waals surface area contributed by atoms with Gasteiger partial charge in [-0.3, -0.25) is 0 Å². The van der Waals surface area contributed by atoms with Crippen LogP contribution in [-0.2, 0) is 0 Å². The van der Waals surface area contributed by atoms with Gasteiger partial charge in [0, 0.05) is 16.7 Å². The minimum Gasteiger partial charge on any atom is -0.208 e. The summed E-state index contributed by atoms with van der Waals surface area (Å²) in [5.74, 6) is 1.97. The molecule has 0 amide bonds. The van der Waals surface area contributed by atoms with Crippen molar-refractivity contribution in [2.75, 3.05) is 0 Å². The maximum absolute atomic E-state index is 4.97. The standard InChI is InChI=1S/C49H29N3/c1-3-11-33(12-4-1)47-50-48(34-13-5-2-6-14-34)52-49(51-47)35-27-23-30(24-28-35)42-29-36-17-9-20-38-37-18-7-15-31-25-26-32-16-8-19-39(44(32)43(31)37)40-21-10-22-41(42)46(40)45(36)38/h1-29H. The zero-order valence-corrected chi connectivity index (χ0v) is 28.1. The van der Waals surface area contributed by atoms with E-state index in [9.17, 15) is 0 Å². The Hall–Kier alpha value is -6.97. The smallest absolute Gasteiger partial charge is 0.164 e. The maximum Gasteiger partial charge on any atom is 0.164 e. The van der Waals surface area contributed by atoms with Crippen LogP contribution in [0.1, 0.15) is 0 Å². The van der Waals surface area contributed by atoms with Crippen LogP contribution in [0.5, 0.6) is 0 Å². The maximum atomic E-state index is 4.97. The number of fused-ring (bicyclic) bond motifs is 2. The molecular weight excluding hydrogens is 631 g/mol. The van der Waals surface area contributed by atoms with Gasteiger partial charge in [-0.15, -0.1) is 0 Å². The molecule has 0 N–H and O–H groups in total. The highest BCUT2D eigenvalue weighted by molar-refractivity contribution is 6.37. The summed E-state index contributed by atoms with van der Waals surface area (Å²) < 4.78 is 0. The highest BCUT2D eigenvalue weighted by Gasteiger charge is 2.18. The first-order valence-corrected chi connectivity index (χ1v) is 17.7. The quantitative estimate of drug-likeness (QED) is 0.177. The molecule has 1 heterocycles. The Morgan fingerprint density at radius 2 is 0.635 bits per heavy atom. The molecule has 52 heavy (non-hydrogen) atoms. The predicted octanol–water partition coefficient (Wildman–Crippen LogP) is 12.9. The van der Waals surface area contributed by atoms with Crippen molar-refractivity contribution in [3.05, 3.63) is 176 Å². The molecule has 3 nitrogen and oxygen atoms in total. The zero-order valence-electron chi connectivity index (χ0n) is 28.1. The average molecular weight is 660 g/mol. The molecule has 11 rings (SSSR count). The van der Waals surface area contributed by atoms with Gasteiger partial charge in [-0.2, -0.15) is 0 Å². The average Bonchev–Trinajstić information content (AvgIpc) is 3.22. The zero-order chi connectivity index (χ0) is 34.2. The molecule has 1 aromatic heterocycles. The van der Waals surface area contributed by atoms with Crippen molar-refractivity contribution >= 4 is 64.6 Å². The molecule has 0 aliphatic heterocycles. The van der Waals surface area contributed by atoms with E-state index >= 15 is 0 Å². The Bertz CT molecular complexity index is 3090. The van der Waals surface area contributed by atoms with Crippen molar-refractivity contribution in [3.63, 3.8) is 0 Å². The molecule has 0 fully saturated rings. The van der Waals surface area contributed by atoms with E-state index in [0.29, 0.717) is 17.5 Å². The Morgan fingerprint density at radius 3 is 1.15 bits per heavy atom. The van der Waals surface area contributed by atoms with E-state index in [1.54, 1.807) is 0 Å². The van der Waals surface area contributed by atoms with Crippen molar-refractivity contribution in [2.45, 2.75) is 0 Å². The second kappa shape index (κ2) is 11.3. The van der Waals surface area contributed by atoms with E-state index in [-0.39, 0.29) is 0 Å². The molecule has 3 heteroatoms. The van der Waals surface area contributed by atoms with E-state index in [2.05, 4.69) is 115 Å². The summed E-state index contributed by atoms with van der Waals surface area (Å²) in [7, 11) is 0. The second-order valence-electron chi connectivity index (χ2n) is 13.5. The summed E-state index contributed by atoms with van der Waals surface area (Å²) in [5, 5.41) is 15.4. The van der Waals surface area contributed by atoms with E-state index < -0.39 is 0 Å². The molecule has 0 spiro atoms. The minimum atomic E-state index is 0.651. The fourth-order valence-electron chi connectivity index (χ4n) is 8.28. The van der Waals surface area contributed by atoms with Crippen LogP contribution in [-0.4, -0.2) is 15.0 Å². The summed E-state index contributed by atoms with van der Waals surface area (Å²) in [6.45, 7) is 0. The first kappa shape index (κ1) is 28.8. The van der Waals surface area contributed by atoms with Crippen LogP contribution in [0.15, 0.2) is 176 Å². The molecule has 0 radical (unpaired) electrons. The van der Waals surface area contributed by atoms with E-state index in [4.69, 9.17) is 15.0 Å². The molecule has 240 valence electrons. The van der Waals surface area contributed by atoms with Crippen molar-refractivity contribution in [2.24, 2.45) is 0 Å². The van der Waals surface area contributed by atoms with Gasteiger partial charge < -0.3 is 0 Å². The molecule has 11 aromatic rings. The number of hydrogen-bond acceptors (Lipinski definition) is 3. The van der Waals surface area contributed by atoms with Crippen LogP contribution in [0, 0.1) is 0 Å². The molecule has 10 aromatic carbocycles. The lowest BCUT2D eigenvalue weighted by Crippen LogP contribution is -2.00. The van der Waals surface area contributed by atoms with Crippen molar-refractivity contribution in [1.29, 1.82) is 0 Å². The number of aromatic nitrogens is 3. The number of benzene rings is 9. The summed E-state index contributed by atoms with van der Waals surface area (Å²) in [5.41, 5.74) is 5.22. The first-order chi connectivity index (χ1) is 25.8. The first-order valence-electron chi connectivity index (χ1n) is 17.7. The van der Waals surface area contributed by atoms with Gasteiger partial charge in [0.2, 0.25) is 0 Å². The fourth-order valence-corrected chi connectivity index (χ4v) is 8.28. The van der Waals surface area contributed by atoms with Crippen LogP contribution in [0.25, 0.3) is 110 Å². The fraction of sp³-hybridized carbons (Fsp3) is 0. The van der Waals surface area contributed by atoms with Crippen molar-refractivity contribution in [3.8, 4) is 45.3 Å². The van der Waals surface area contributed by atoms with Gasteiger partial charge in [-0.25, -0.2) is 15.0 Å². The Balaban J connectivity index is 1.15. The molecular formula is C49H29N3. The number of rotatable bonds is 4. The number of hydrogen-bond donors (Lipinski definition) is 0. The second-order valence-corrected chi connectivity index (χ2v) is 13.5. The largest absolute Gasteiger partial charge is 0.208 e. The van der Waals surface area contributed by atoms with E-state index in [1.807, 2.05) is 60.7 Å². The Labute approximate surface area is 299 Å². The lowest BCUT2D eigenvalue weighted by atomic mass is 9.85. The summed E-state index contributed by atoms with van der Waals surface area (Å²) >= 11 is 0. The van der Waals surface area contributed by atoms with Crippen molar-refractivity contribution < 1.29 is 0 Å². The highest BCUT2D eigenvalue weighted by atomic mass is 15.0. The van der Waals surface area contributed by atoms with Gasteiger partial charge >= 0.3 is 0 Å². The highest BCUT2D eigenvalue weighted by Crippen LogP contribution is 2.45. The minimum absolute atomic E-state index is 0.651. The molecule has 0 bridgehead atoms. The molecule has 0 unspecified atom stereocenters. The lowest BCUT2D eigenvalue weighted by molar-refractivity contribution is 1.07. The van der Waals surface area contributed by atoms with Crippen LogP contribution < -0.4 is 0 Å². The molecule has 0 saturated heterocycles. The Kier molecular flexibility index (Phi) is 6.25. The molecule has 0 saturated carbocycles. The third-order valence-corrected chi connectivity index (χ3v) is 10.6. The normalized spacial score (nSPS) is 11.8. The van der Waals surface area contributed by atoms with Gasteiger partial charge in [0.25, 0.3) is 0 Å². The van der Waals surface area contributed by atoms with Crippen LogP contribution in [0.2, 0.25) is 0 Å². The van der Waals surface area contributed by atoms with Gasteiger partial charge in [0.1, 0.15) is 0 Å². The molecule has 0 aliphatic rings. The van der Waals surface area contributed by atoms with Gasteiger partial charge in [-0.1, -0.05) is 170 Å². The predicted molar refractivity (Wildman–Crippen MR) is 218 cm³/mol. The monoisotopic (exact) mass is 659 g/mol. The Morgan fingerprint density at radius 1 is 0.250 bits per heavy atom. The van der Waals surface area contributed by atoms with Crippen LogP contribution >= 0.6 is 0 Å². The summed E-state index contributed by atoms with van der Waals surface area (Å²) in [6, 6.07) is 62.9.